The SMILES string of the molecule is CCC(C)C1C(=O)Nc2ccccc2N1C(=O)NC. The van der Waals surface area contributed by atoms with Crippen molar-refractivity contribution >= 4 is 23.3 Å². The Hall–Kier alpha value is -2.04. The van der Waals surface area contributed by atoms with Crippen molar-refractivity contribution in [1.29, 1.82) is 0 Å². The van der Waals surface area contributed by atoms with Crippen LogP contribution >= 0.6 is 0 Å². The molecule has 1 aromatic rings. The van der Waals surface area contributed by atoms with Crippen LogP contribution < -0.4 is 15.5 Å². The van der Waals surface area contributed by atoms with Crippen LogP contribution in [0, 0.1) is 5.92 Å². The van der Waals surface area contributed by atoms with Crippen molar-refractivity contribution in [3.63, 3.8) is 0 Å². The van der Waals surface area contributed by atoms with Crippen LogP contribution in [0.3, 0.4) is 0 Å². The molecule has 1 aliphatic rings. The van der Waals surface area contributed by atoms with Crippen LogP contribution in [0.2, 0.25) is 0 Å². The third-order valence-corrected chi connectivity index (χ3v) is 3.58. The number of hydrogen-bond acceptors (Lipinski definition) is 2. The summed E-state index contributed by atoms with van der Waals surface area (Å²) in [6.45, 7) is 3.99. The zero-order valence-electron chi connectivity index (χ0n) is 11.4. The Labute approximate surface area is 113 Å². The average Bonchev–Trinajstić information content (AvgIpc) is 2.44. The molecule has 1 heterocycles. The summed E-state index contributed by atoms with van der Waals surface area (Å²) in [5.41, 5.74) is 1.42. The van der Waals surface area contributed by atoms with Gasteiger partial charge in [-0.05, 0) is 18.1 Å². The van der Waals surface area contributed by atoms with Gasteiger partial charge in [0.05, 0.1) is 11.4 Å². The highest BCUT2D eigenvalue weighted by Gasteiger charge is 2.39. The molecule has 0 fully saturated rings. The van der Waals surface area contributed by atoms with Crippen molar-refractivity contribution in [2.45, 2.75) is 26.3 Å². The third kappa shape index (κ3) is 2.28. The van der Waals surface area contributed by atoms with Gasteiger partial charge in [-0.2, -0.15) is 0 Å². The molecular weight excluding hydrogens is 242 g/mol. The van der Waals surface area contributed by atoms with Gasteiger partial charge in [0.2, 0.25) is 5.91 Å². The van der Waals surface area contributed by atoms with Crippen molar-refractivity contribution in [3.05, 3.63) is 24.3 Å². The number of amides is 3. The molecule has 0 aromatic heterocycles. The molecule has 2 rings (SSSR count). The molecule has 2 unspecified atom stereocenters. The van der Waals surface area contributed by atoms with E-state index < -0.39 is 6.04 Å². The van der Waals surface area contributed by atoms with Crippen LogP contribution in [0.5, 0.6) is 0 Å². The van der Waals surface area contributed by atoms with E-state index in [-0.39, 0.29) is 17.9 Å². The van der Waals surface area contributed by atoms with Crippen LogP contribution in [0.15, 0.2) is 24.3 Å². The average molecular weight is 261 g/mol. The molecule has 102 valence electrons. The summed E-state index contributed by atoms with van der Waals surface area (Å²) < 4.78 is 0. The second-order valence-electron chi connectivity index (χ2n) is 4.76. The van der Waals surface area contributed by atoms with E-state index in [4.69, 9.17) is 0 Å². The molecule has 0 radical (unpaired) electrons. The Kier molecular flexibility index (Phi) is 3.74. The van der Waals surface area contributed by atoms with E-state index in [0.717, 1.165) is 12.1 Å². The molecule has 0 saturated carbocycles. The number of hydrogen-bond donors (Lipinski definition) is 2. The molecule has 1 aromatic carbocycles. The lowest BCUT2D eigenvalue weighted by atomic mass is 9.94. The fraction of sp³-hybridized carbons (Fsp3) is 0.429. The summed E-state index contributed by atoms with van der Waals surface area (Å²) in [5.74, 6) is -0.0395. The van der Waals surface area contributed by atoms with E-state index in [1.54, 1.807) is 18.0 Å². The van der Waals surface area contributed by atoms with E-state index in [2.05, 4.69) is 10.6 Å². The van der Waals surface area contributed by atoms with E-state index >= 15 is 0 Å². The Bertz CT molecular complexity index is 501. The van der Waals surface area contributed by atoms with Gasteiger partial charge in [-0.1, -0.05) is 32.4 Å². The Morgan fingerprint density at radius 1 is 1.47 bits per heavy atom. The highest BCUT2D eigenvalue weighted by Crippen LogP contribution is 2.34. The maximum Gasteiger partial charge on any atom is 0.322 e. The Morgan fingerprint density at radius 2 is 2.16 bits per heavy atom. The number of nitrogens with zero attached hydrogens (tertiary/aromatic N) is 1. The van der Waals surface area contributed by atoms with E-state index in [1.165, 1.54) is 0 Å². The van der Waals surface area contributed by atoms with Crippen molar-refractivity contribution in [2.24, 2.45) is 5.92 Å². The molecule has 0 spiro atoms. The standard InChI is InChI=1S/C14H19N3O2/c1-4-9(2)12-13(18)16-10-7-5-6-8-11(10)17(12)14(19)15-3/h5-9,12H,4H2,1-3H3,(H,15,19)(H,16,18). The Balaban J connectivity index is 2.51. The molecule has 0 bridgehead atoms. The first-order valence-electron chi connectivity index (χ1n) is 6.51. The molecule has 5 nitrogen and oxygen atoms in total. The molecule has 1 aliphatic heterocycles. The molecular formula is C14H19N3O2. The van der Waals surface area contributed by atoms with Gasteiger partial charge in [0, 0.05) is 7.05 Å². The van der Waals surface area contributed by atoms with Crippen LogP contribution in [-0.2, 0) is 4.79 Å². The summed E-state index contributed by atoms with van der Waals surface area (Å²) in [6, 6.07) is 6.62. The van der Waals surface area contributed by atoms with Crippen LogP contribution in [0.25, 0.3) is 0 Å². The number of urea groups is 1. The lowest BCUT2D eigenvalue weighted by molar-refractivity contribution is -0.118. The highest BCUT2D eigenvalue weighted by atomic mass is 16.2. The molecule has 3 amide bonds. The van der Waals surface area contributed by atoms with Gasteiger partial charge in [0.25, 0.3) is 0 Å². The van der Waals surface area contributed by atoms with Gasteiger partial charge in [0.1, 0.15) is 6.04 Å². The van der Waals surface area contributed by atoms with Crippen LogP contribution in [-0.4, -0.2) is 25.0 Å². The molecule has 19 heavy (non-hydrogen) atoms. The number of anilines is 2. The summed E-state index contributed by atoms with van der Waals surface area (Å²) in [7, 11) is 1.57. The molecule has 0 saturated heterocycles. The third-order valence-electron chi connectivity index (χ3n) is 3.58. The molecule has 0 aliphatic carbocycles. The summed E-state index contributed by atoms with van der Waals surface area (Å²) in [5, 5.41) is 5.49. The minimum Gasteiger partial charge on any atom is -0.341 e. The fourth-order valence-corrected chi connectivity index (χ4v) is 2.36. The number of fused-ring (bicyclic) bond motifs is 1. The molecule has 2 N–H and O–H groups in total. The quantitative estimate of drug-likeness (QED) is 0.857. The predicted octanol–water partition coefficient (Wildman–Crippen LogP) is 2.20. The van der Waals surface area contributed by atoms with Crippen LogP contribution in [0.4, 0.5) is 16.2 Å². The number of para-hydroxylation sites is 2. The number of nitrogens with one attached hydrogen (secondary N) is 2. The number of carbonyl (C=O) groups excluding carboxylic acids is 2. The second-order valence-corrected chi connectivity index (χ2v) is 4.76. The molecule has 2 atom stereocenters. The largest absolute Gasteiger partial charge is 0.341 e. The van der Waals surface area contributed by atoms with Gasteiger partial charge in [0.15, 0.2) is 0 Å². The topological polar surface area (TPSA) is 61.4 Å². The van der Waals surface area contributed by atoms with Crippen LogP contribution in [0.1, 0.15) is 20.3 Å². The molecule has 5 heteroatoms. The van der Waals surface area contributed by atoms with Crippen molar-refractivity contribution in [2.75, 3.05) is 17.3 Å². The monoisotopic (exact) mass is 261 g/mol. The lowest BCUT2D eigenvalue weighted by Gasteiger charge is -2.38. The van der Waals surface area contributed by atoms with E-state index in [1.807, 2.05) is 32.0 Å². The van der Waals surface area contributed by atoms with Gasteiger partial charge in [-0.3, -0.25) is 9.69 Å². The minimum atomic E-state index is -0.472. The second kappa shape index (κ2) is 5.30. The first-order chi connectivity index (χ1) is 9.10. The number of rotatable bonds is 2. The van der Waals surface area contributed by atoms with Gasteiger partial charge < -0.3 is 10.6 Å². The van der Waals surface area contributed by atoms with E-state index in [0.29, 0.717) is 5.69 Å². The summed E-state index contributed by atoms with van der Waals surface area (Å²) >= 11 is 0. The van der Waals surface area contributed by atoms with Gasteiger partial charge in [-0.15, -0.1) is 0 Å². The smallest absolute Gasteiger partial charge is 0.322 e. The minimum absolute atomic E-state index is 0.0886. The number of benzene rings is 1. The highest BCUT2D eigenvalue weighted by molar-refractivity contribution is 6.11. The first-order valence-corrected chi connectivity index (χ1v) is 6.51. The van der Waals surface area contributed by atoms with Crippen molar-refractivity contribution in [1.82, 2.24) is 5.32 Å². The number of carbonyl (C=O) groups is 2. The zero-order valence-corrected chi connectivity index (χ0v) is 11.4. The summed E-state index contributed by atoms with van der Waals surface area (Å²) in [4.78, 5) is 26.0. The van der Waals surface area contributed by atoms with Gasteiger partial charge >= 0.3 is 6.03 Å². The summed E-state index contributed by atoms with van der Waals surface area (Å²) in [6.07, 6.45) is 0.827. The Morgan fingerprint density at radius 3 is 2.79 bits per heavy atom. The zero-order chi connectivity index (χ0) is 14.0. The van der Waals surface area contributed by atoms with E-state index in [9.17, 15) is 9.59 Å². The maximum absolute atomic E-state index is 12.3. The van der Waals surface area contributed by atoms with Gasteiger partial charge in [-0.25, -0.2) is 4.79 Å². The normalized spacial score (nSPS) is 19.4. The fourth-order valence-electron chi connectivity index (χ4n) is 2.36. The van der Waals surface area contributed by atoms with Crippen molar-refractivity contribution in [3.8, 4) is 0 Å². The first kappa shape index (κ1) is 13.4. The van der Waals surface area contributed by atoms with Crippen molar-refractivity contribution < 1.29 is 9.59 Å². The maximum atomic E-state index is 12.3. The lowest BCUT2D eigenvalue weighted by Crippen LogP contribution is -2.56. The predicted molar refractivity (Wildman–Crippen MR) is 75.2 cm³/mol.